The largest absolute Gasteiger partial charge is 0.261 e. The van der Waals surface area contributed by atoms with Crippen LogP contribution in [-0.2, 0) is 32.1 Å². The molecule has 4 aromatic carbocycles. The summed E-state index contributed by atoms with van der Waals surface area (Å²) < 4.78 is 0. The smallest absolute Gasteiger partial charge is 0.125 e. The highest BCUT2D eigenvalue weighted by molar-refractivity contribution is 5.61. The predicted molar refractivity (Wildman–Crippen MR) is 374 cm³/mol. The Kier molecular flexibility index (Phi) is 29.1. The molecule has 13 rings (SSSR count). The number of hydrogen-bond donors (Lipinski definition) is 0. The van der Waals surface area contributed by atoms with Gasteiger partial charge in [0, 0.05) is 48.6 Å². The maximum absolute atomic E-state index is 4.08. The summed E-state index contributed by atoms with van der Waals surface area (Å²) in [7, 11) is 0. The Hall–Kier alpha value is -8.62. The normalized spacial score (nSPS) is 13.3. The van der Waals surface area contributed by atoms with E-state index in [4.69, 9.17) is 0 Å². The van der Waals surface area contributed by atoms with Crippen LogP contribution >= 0.6 is 0 Å². The van der Waals surface area contributed by atoms with Crippen LogP contribution in [0.1, 0.15) is 164 Å². The average molecular weight is 1170 g/mol. The van der Waals surface area contributed by atoms with E-state index in [1.165, 1.54) is 127 Å². The summed E-state index contributed by atoms with van der Waals surface area (Å²) in [6.45, 7) is 37.1. The van der Waals surface area contributed by atoms with Gasteiger partial charge in [-0.2, -0.15) is 10.2 Å². The summed E-state index contributed by atoms with van der Waals surface area (Å²) in [5.74, 6) is 2.37. The molecule has 1 unspecified atom stereocenters. The summed E-state index contributed by atoms with van der Waals surface area (Å²) in [5, 5.41) is 7.66. The molecule has 0 saturated heterocycles. The van der Waals surface area contributed by atoms with Crippen molar-refractivity contribution in [1.29, 1.82) is 0 Å². The average Bonchev–Trinajstić information content (AvgIpc) is 3.72. The van der Waals surface area contributed by atoms with Crippen molar-refractivity contribution in [3.8, 4) is 0 Å². The molecule has 0 N–H and O–H groups in total. The Balaban J connectivity index is 0.000000182. The zero-order chi connectivity index (χ0) is 64.1. The lowest BCUT2D eigenvalue weighted by atomic mass is 9.90. The standard InChI is InChI=1S/4C12H14.2C7H9N.3C6H8N2/c4*1-9-3-5-12-8-10(2)4-6-11(12)7-9;2*1-6-3-4-7(2)8-5-6;2*1-5-3-7-6(2)8-4-5;1-5-3-4-6(2)8-7-5/h2*3,5,7-8H,4,6H2,1-2H3;3-5,7H,6,8H2,1-2H3;3-7,10H,8H2,1-2H3;2*3-5H,1-2H3;3*3-4H,1-2H3. The third-order valence-corrected chi connectivity index (χ3v) is 14.8. The molecule has 4 aliphatic rings. The van der Waals surface area contributed by atoms with E-state index in [2.05, 4.69) is 211 Å². The molecule has 8 nitrogen and oxygen atoms in total. The van der Waals surface area contributed by atoms with Crippen molar-refractivity contribution in [2.24, 2.45) is 5.92 Å². The SMILES string of the molecule is CC1=CCc2cc(C)ccc2C1.CC1=Cc2ccc(C)cc2CC1.CC1=Cc2ccc(C)cc2CC1.Cc1ccc(C)nc1.Cc1ccc(C)nc1.Cc1ccc(C)nn1.Cc1ccc2c(c1)C=CC(C)C2.Cc1cnc(C)nc1.Cc1cnc(C)nc1. The maximum Gasteiger partial charge on any atom is 0.125 e. The molecule has 0 aliphatic heterocycles. The topological polar surface area (TPSA) is 103 Å². The van der Waals surface area contributed by atoms with Gasteiger partial charge in [-0.15, -0.1) is 0 Å². The van der Waals surface area contributed by atoms with E-state index in [0.29, 0.717) is 5.92 Å². The van der Waals surface area contributed by atoms with Gasteiger partial charge in [-0.3, -0.25) is 9.97 Å². The molecule has 0 spiro atoms. The molecule has 4 aliphatic carbocycles. The summed E-state index contributed by atoms with van der Waals surface area (Å²) in [6.07, 6.45) is 30.8. The molecule has 88 heavy (non-hydrogen) atoms. The lowest BCUT2D eigenvalue weighted by Crippen LogP contribution is -2.02. The second-order valence-corrected chi connectivity index (χ2v) is 24.2. The Morgan fingerprint density at radius 1 is 0.318 bits per heavy atom. The molecule has 0 fully saturated rings. The van der Waals surface area contributed by atoms with Crippen LogP contribution in [0.5, 0.6) is 0 Å². The molecule has 0 saturated carbocycles. The van der Waals surface area contributed by atoms with E-state index in [9.17, 15) is 0 Å². The molecule has 0 bridgehead atoms. The number of hydrogen-bond acceptors (Lipinski definition) is 8. The first-order chi connectivity index (χ1) is 42.0. The number of rotatable bonds is 0. The molecule has 1 atom stereocenters. The highest BCUT2D eigenvalue weighted by Crippen LogP contribution is 2.27. The molecule has 5 aromatic heterocycles. The van der Waals surface area contributed by atoms with Crippen molar-refractivity contribution < 1.29 is 0 Å². The van der Waals surface area contributed by atoms with E-state index in [1.54, 1.807) is 0 Å². The molecule has 0 amide bonds. The monoisotopic (exact) mass is 1170 g/mol. The van der Waals surface area contributed by atoms with Gasteiger partial charge in [0.1, 0.15) is 11.6 Å². The lowest BCUT2D eigenvalue weighted by molar-refractivity contribution is 0.717. The lowest BCUT2D eigenvalue weighted by Gasteiger charge is -2.15. The Morgan fingerprint density at radius 2 is 0.705 bits per heavy atom. The molecule has 5 heterocycles. The van der Waals surface area contributed by atoms with Crippen LogP contribution < -0.4 is 0 Å². The first-order valence-corrected chi connectivity index (χ1v) is 31.1. The quantitative estimate of drug-likeness (QED) is 0.138. The van der Waals surface area contributed by atoms with Crippen LogP contribution in [0.4, 0.5) is 0 Å². The first-order valence-electron chi connectivity index (χ1n) is 31.1. The summed E-state index contributed by atoms with van der Waals surface area (Å²) in [5.41, 5.74) is 30.6. The molecule has 458 valence electrons. The second kappa shape index (κ2) is 36.5. The third-order valence-electron chi connectivity index (χ3n) is 14.8. The molecular formula is C80H98N8. The van der Waals surface area contributed by atoms with Gasteiger partial charge in [-0.1, -0.05) is 161 Å². The zero-order valence-electron chi connectivity index (χ0n) is 56.3. The van der Waals surface area contributed by atoms with Gasteiger partial charge in [0.2, 0.25) is 0 Å². The number of aromatic nitrogens is 8. The third kappa shape index (κ3) is 27.0. The molecular weight excluding hydrogens is 1070 g/mol. The van der Waals surface area contributed by atoms with Gasteiger partial charge in [-0.05, 0) is 260 Å². The highest BCUT2D eigenvalue weighted by Gasteiger charge is 2.11. The Morgan fingerprint density at radius 3 is 1.11 bits per heavy atom. The van der Waals surface area contributed by atoms with Gasteiger partial charge < -0.3 is 0 Å². The maximum atomic E-state index is 4.08. The number of allylic oxidation sites excluding steroid dienone is 5. The summed E-state index contributed by atoms with van der Waals surface area (Å²) >= 11 is 0. The van der Waals surface area contributed by atoms with Crippen molar-refractivity contribution >= 4 is 18.2 Å². The van der Waals surface area contributed by atoms with Crippen molar-refractivity contribution in [2.45, 2.75) is 170 Å². The number of benzene rings is 4. The van der Waals surface area contributed by atoms with Gasteiger partial charge >= 0.3 is 0 Å². The fourth-order valence-electron chi connectivity index (χ4n) is 9.50. The fraction of sp³-hybridized carbons (Fsp3) is 0.325. The van der Waals surface area contributed by atoms with Crippen LogP contribution in [0.25, 0.3) is 18.2 Å². The zero-order valence-corrected chi connectivity index (χ0v) is 56.3. The molecule has 8 heteroatoms. The van der Waals surface area contributed by atoms with E-state index in [1.807, 2.05) is 131 Å². The van der Waals surface area contributed by atoms with Crippen molar-refractivity contribution in [3.63, 3.8) is 0 Å². The van der Waals surface area contributed by atoms with Crippen LogP contribution in [0.3, 0.4) is 0 Å². The highest BCUT2D eigenvalue weighted by atomic mass is 15.1. The van der Waals surface area contributed by atoms with Gasteiger partial charge in [0.25, 0.3) is 0 Å². The van der Waals surface area contributed by atoms with Gasteiger partial charge in [-0.25, -0.2) is 19.9 Å². The molecule has 0 radical (unpaired) electrons. The van der Waals surface area contributed by atoms with E-state index < -0.39 is 0 Å². The van der Waals surface area contributed by atoms with Crippen LogP contribution in [0, 0.1) is 103 Å². The minimum Gasteiger partial charge on any atom is -0.261 e. The fourth-order valence-corrected chi connectivity index (χ4v) is 9.50. The number of pyridine rings is 2. The van der Waals surface area contributed by atoms with Crippen LogP contribution in [0.15, 0.2) is 175 Å². The van der Waals surface area contributed by atoms with E-state index in [-0.39, 0.29) is 0 Å². The predicted octanol–water partition coefficient (Wildman–Crippen LogP) is 19.6. The van der Waals surface area contributed by atoms with Crippen molar-refractivity contribution in [2.75, 3.05) is 0 Å². The Bertz CT molecular complexity index is 3270. The summed E-state index contributed by atoms with van der Waals surface area (Å²) in [6, 6.07) is 39.0. The van der Waals surface area contributed by atoms with Crippen molar-refractivity contribution in [1.82, 2.24) is 40.1 Å². The second-order valence-electron chi connectivity index (χ2n) is 24.2. The van der Waals surface area contributed by atoms with Crippen LogP contribution in [0.2, 0.25) is 0 Å². The van der Waals surface area contributed by atoms with Gasteiger partial charge in [0.05, 0.1) is 11.4 Å². The molecule has 9 aromatic rings. The van der Waals surface area contributed by atoms with E-state index in [0.717, 1.165) is 58.4 Å². The minimum atomic E-state index is 0.709. The van der Waals surface area contributed by atoms with Gasteiger partial charge in [0.15, 0.2) is 0 Å². The van der Waals surface area contributed by atoms with Crippen molar-refractivity contribution in [3.05, 3.63) is 299 Å². The number of nitrogens with zero attached hydrogens (tertiary/aromatic N) is 8. The van der Waals surface area contributed by atoms with Crippen LogP contribution in [-0.4, -0.2) is 40.1 Å². The van der Waals surface area contributed by atoms with E-state index >= 15 is 0 Å². The first kappa shape index (κ1) is 70.1. The Labute approximate surface area is 529 Å². The minimum absolute atomic E-state index is 0.709. The number of aryl methyl sites for hydroxylation is 16. The summed E-state index contributed by atoms with van der Waals surface area (Å²) in [4.78, 5) is 24.0. The number of fused-ring (bicyclic) bond motifs is 4.